The highest BCUT2D eigenvalue weighted by Crippen LogP contribution is 2.27. The molecular formula is C11H10Cl3NO3. The largest absolute Gasteiger partial charge is 0.462 e. The van der Waals surface area contributed by atoms with Crippen LogP contribution in [-0.4, -0.2) is 22.3 Å². The third-order valence-corrected chi connectivity index (χ3v) is 2.40. The molecule has 1 N–H and O–H groups in total. The van der Waals surface area contributed by atoms with E-state index in [4.69, 9.17) is 39.5 Å². The van der Waals surface area contributed by atoms with Gasteiger partial charge in [0.15, 0.2) is 0 Å². The van der Waals surface area contributed by atoms with Gasteiger partial charge >= 0.3 is 5.97 Å². The second-order valence-electron chi connectivity index (χ2n) is 3.25. The van der Waals surface area contributed by atoms with Crippen LogP contribution in [0.5, 0.6) is 0 Å². The van der Waals surface area contributed by atoms with Gasteiger partial charge < -0.3 is 10.1 Å². The lowest BCUT2D eigenvalue weighted by molar-refractivity contribution is -0.115. The van der Waals surface area contributed by atoms with Gasteiger partial charge in [0.25, 0.3) is 9.70 Å². The molecule has 18 heavy (non-hydrogen) atoms. The molecule has 0 saturated heterocycles. The summed E-state index contributed by atoms with van der Waals surface area (Å²) in [6, 6.07) is 6.15. The van der Waals surface area contributed by atoms with Gasteiger partial charge in [-0.2, -0.15) is 0 Å². The predicted octanol–water partition coefficient (Wildman–Crippen LogP) is 3.17. The van der Waals surface area contributed by atoms with Gasteiger partial charge in [-0.3, -0.25) is 4.79 Å². The van der Waals surface area contributed by atoms with Crippen LogP contribution in [0.15, 0.2) is 24.3 Å². The van der Waals surface area contributed by atoms with Crippen LogP contribution in [-0.2, 0) is 9.53 Å². The van der Waals surface area contributed by atoms with E-state index < -0.39 is 15.7 Å². The average molecular weight is 311 g/mol. The number of benzene rings is 1. The minimum atomic E-state index is -2.06. The lowest BCUT2D eigenvalue weighted by Gasteiger charge is -2.11. The predicted molar refractivity (Wildman–Crippen MR) is 71.3 cm³/mol. The van der Waals surface area contributed by atoms with E-state index in [0.717, 1.165) is 0 Å². The Labute approximate surface area is 119 Å². The molecule has 0 atom stereocenters. The van der Waals surface area contributed by atoms with Crippen LogP contribution in [0.3, 0.4) is 0 Å². The van der Waals surface area contributed by atoms with Crippen molar-refractivity contribution in [1.29, 1.82) is 0 Å². The lowest BCUT2D eigenvalue weighted by atomic mass is 10.2. The summed E-state index contributed by atoms with van der Waals surface area (Å²) >= 11 is 16.2. The molecular weight excluding hydrogens is 300 g/mol. The number of alkyl halides is 3. The van der Waals surface area contributed by atoms with Gasteiger partial charge in [-0.05, 0) is 25.1 Å². The summed E-state index contributed by atoms with van der Waals surface area (Å²) in [5.74, 6) is -1.28. The second-order valence-corrected chi connectivity index (χ2v) is 5.53. The summed E-state index contributed by atoms with van der Waals surface area (Å²) < 4.78 is 2.77. The number of halogens is 3. The molecule has 0 saturated carbocycles. The number of ether oxygens (including phenoxy) is 1. The molecule has 0 fully saturated rings. The van der Waals surface area contributed by atoms with Crippen LogP contribution in [0.25, 0.3) is 0 Å². The number of amides is 1. The molecule has 0 aliphatic heterocycles. The molecule has 0 spiro atoms. The van der Waals surface area contributed by atoms with E-state index in [-0.39, 0.29) is 6.61 Å². The molecule has 0 aliphatic rings. The summed E-state index contributed by atoms with van der Waals surface area (Å²) in [7, 11) is 0. The SMILES string of the molecule is CCOC(=O)c1cccc(NC(=O)C(Cl)(Cl)Cl)c1. The summed E-state index contributed by atoms with van der Waals surface area (Å²) in [6.45, 7) is 1.97. The van der Waals surface area contributed by atoms with Gasteiger partial charge in [0.2, 0.25) is 0 Å². The van der Waals surface area contributed by atoms with Crippen molar-refractivity contribution >= 4 is 52.4 Å². The quantitative estimate of drug-likeness (QED) is 0.689. The molecule has 0 aromatic heterocycles. The van der Waals surface area contributed by atoms with Crippen LogP contribution in [0, 0.1) is 0 Å². The topological polar surface area (TPSA) is 55.4 Å². The van der Waals surface area contributed by atoms with Crippen LogP contribution < -0.4 is 5.32 Å². The summed E-state index contributed by atoms with van der Waals surface area (Å²) in [5, 5.41) is 2.38. The van der Waals surface area contributed by atoms with Crippen molar-refractivity contribution in [1.82, 2.24) is 0 Å². The van der Waals surface area contributed by atoms with E-state index in [1.165, 1.54) is 6.07 Å². The molecule has 0 aliphatic carbocycles. The zero-order chi connectivity index (χ0) is 13.8. The molecule has 1 amide bonds. The van der Waals surface area contributed by atoms with E-state index in [0.29, 0.717) is 11.3 Å². The highest BCUT2D eigenvalue weighted by atomic mass is 35.6. The highest BCUT2D eigenvalue weighted by Gasteiger charge is 2.30. The van der Waals surface area contributed by atoms with Crippen molar-refractivity contribution in [3.05, 3.63) is 29.8 Å². The summed E-state index contributed by atoms with van der Waals surface area (Å²) in [4.78, 5) is 22.9. The van der Waals surface area contributed by atoms with Crippen LogP contribution in [0.4, 0.5) is 5.69 Å². The Hall–Kier alpha value is -0.970. The minimum absolute atomic E-state index is 0.267. The van der Waals surface area contributed by atoms with Gasteiger partial charge in [-0.25, -0.2) is 4.79 Å². The highest BCUT2D eigenvalue weighted by molar-refractivity contribution is 6.76. The molecule has 0 heterocycles. The fourth-order valence-corrected chi connectivity index (χ4v) is 1.28. The third kappa shape index (κ3) is 4.37. The molecule has 1 aromatic carbocycles. The molecule has 4 nitrogen and oxygen atoms in total. The number of hydrogen-bond acceptors (Lipinski definition) is 3. The van der Waals surface area contributed by atoms with Gasteiger partial charge in [-0.1, -0.05) is 40.9 Å². The lowest BCUT2D eigenvalue weighted by Crippen LogP contribution is -2.27. The Bertz CT molecular complexity index is 457. The number of rotatable bonds is 3. The fraction of sp³-hybridized carbons (Fsp3) is 0.273. The molecule has 0 bridgehead atoms. The zero-order valence-electron chi connectivity index (χ0n) is 9.38. The van der Waals surface area contributed by atoms with Crippen molar-refractivity contribution in [2.75, 3.05) is 11.9 Å². The summed E-state index contributed by atoms with van der Waals surface area (Å²) in [5.41, 5.74) is 0.649. The Morgan fingerprint density at radius 1 is 1.33 bits per heavy atom. The number of hydrogen-bond donors (Lipinski definition) is 1. The van der Waals surface area contributed by atoms with Crippen molar-refractivity contribution in [3.8, 4) is 0 Å². The van der Waals surface area contributed by atoms with Gasteiger partial charge in [0.1, 0.15) is 0 Å². The maximum Gasteiger partial charge on any atom is 0.338 e. The molecule has 7 heteroatoms. The first-order valence-electron chi connectivity index (χ1n) is 5.00. The number of carbonyl (C=O) groups excluding carboxylic acids is 2. The minimum Gasteiger partial charge on any atom is -0.462 e. The van der Waals surface area contributed by atoms with Crippen LogP contribution in [0.1, 0.15) is 17.3 Å². The van der Waals surface area contributed by atoms with E-state index in [1.54, 1.807) is 25.1 Å². The van der Waals surface area contributed by atoms with E-state index in [2.05, 4.69) is 5.32 Å². The summed E-state index contributed by atoms with van der Waals surface area (Å²) in [6.07, 6.45) is 0. The Morgan fingerprint density at radius 2 is 2.00 bits per heavy atom. The Morgan fingerprint density at radius 3 is 2.56 bits per heavy atom. The number of carbonyl (C=O) groups is 2. The van der Waals surface area contributed by atoms with Gasteiger partial charge in [-0.15, -0.1) is 0 Å². The molecule has 0 unspecified atom stereocenters. The monoisotopic (exact) mass is 309 g/mol. The van der Waals surface area contributed by atoms with E-state index in [1.807, 2.05) is 0 Å². The van der Waals surface area contributed by atoms with Gasteiger partial charge in [0.05, 0.1) is 12.2 Å². The van der Waals surface area contributed by atoms with Crippen molar-refractivity contribution in [3.63, 3.8) is 0 Å². The Balaban J connectivity index is 2.83. The van der Waals surface area contributed by atoms with Crippen molar-refractivity contribution < 1.29 is 14.3 Å². The molecule has 98 valence electrons. The standard InChI is InChI=1S/C11H10Cl3NO3/c1-2-18-9(16)7-4-3-5-8(6-7)15-10(17)11(12,13)14/h3-6H,2H2,1H3,(H,15,17). The maximum atomic E-state index is 11.5. The maximum absolute atomic E-state index is 11.5. The van der Waals surface area contributed by atoms with Crippen molar-refractivity contribution in [2.45, 2.75) is 10.7 Å². The zero-order valence-corrected chi connectivity index (χ0v) is 11.6. The number of esters is 1. The first-order chi connectivity index (χ1) is 8.34. The third-order valence-electron chi connectivity index (χ3n) is 1.89. The van der Waals surface area contributed by atoms with E-state index in [9.17, 15) is 9.59 Å². The average Bonchev–Trinajstić information content (AvgIpc) is 2.28. The second kappa shape index (κ2) is 6.27. The number of anilines is 1. The van der Waals surface area contributed by atoms with Crippen molar-refractivity contribution in [2.24, 2.45) is 0 Å². The smallest absolute Gasteiger partial charge is 0.338 e. The molecule has 0 radical (unpaired) electrons. The first-order valence-corrected chi connectivity index (χ1v) is 6.13. The Kier molecular flexibility index (Phi) is 5.26. The first kappa shape index (κ1) is 15.1. The van der Waals surface area contributed by atoms with E-state index >= 15 is 0 Å². The molecule has 1 rings (SSSR count). The number of nitrogens with one attached hydrogen (secondary N) is 1. The fourth-order valence-electron chi connectivity index (χ4n) is 1.14. The van der Waals surface area contributed by atoms with Crippen LogP contribution >= 0.6 is 34.8 Å². The van der Waals surface area contributed by atoms with Gasteiger partial charge in [0, 0.05) is 5.69 Å². The molecule has 1 aromatic rings. The normalized spacial score (nSPS) is 10.9. The van der Waals surface area contributed by atoms with Crippen LogP contribution in [0.2, 0.25) is 0 Å².